The van der Waals surface area contributed by atoms with E-state index in [0.29, 0.717) is 13.2 Å². The summed E-state index contributed by atoms with van der Waals surface area (Å²) in [6.45, 7) is 5.20. The maximum atomic E-state index is 7.76. The lowest BCUT2D eigenvalue weighted by Gasteiger charge is -2.48. The fourth-order valence-electron chi connectivity index (χ4n) is 5.27. The standard InChI is InChI=1S/C32H28Br2O3/c1-23-13-17-27(18-14-23)31(29(33)21-35-29,25-9-5-3-6-10-25)37-32(30(34)22-36-30,26-11-7-4-8-12-26)28-19-15-24(2)16-20-28/h3-20H,21-22H2,1-2H3. The van der Waals surface area contributed by atoms with Gasteiger partial charge in [-0.15, -0.1) is 0 Å². The van der Waals surface area contributed by atoms with Gasteiger partial charge in [0, 0.05) is 0 Å². The maximum Gasteiger partial charge on any atom is 0.183 e. The van der Waals surface area contributed by atoms with Gasteiger partial charge < -0.3 is 14.2 Å². The molecule has 0 spiro atoms. The molecule has 0 radical (unpaired) electrons. The van der Waals surface area contributed by atoms with Gasteiger partial charge in [-0.3, -0.25) is 0 Å². The molecule has 0 amide bonds. The Balaban J connectivity index is 1.69. The van der Waals surface area contributed by atoms with Crippen LogP contribution in [0.5, 0.6) is 0 Å². The van der Waals surface area contributed by atoms with Gasteiger partial charge in [-0.1, -0.05) is 120 Å². The minimum absolute atomic E-state index is 0.505. The highest BCUT2D eigenvalue weighted by molar-refractivity contribution is 9.10. The van der Waals surface area contributed by atoms with E-state index in [-0.39, 0.29) is 0 Å². The molecular formula is C32H28Br2O3. The summed E-state index contributed by atoms with van der Waals surface area (Å²) in [6.07, 6.45) is 0. The Bertz CT molecular complexity index is 1270. The van der Waals surface area contributed by atoms with Gasteiger partial charge in [0.25, 0.3) is 0 Å². The number of ether oxygens (including phenoxy) is 3. The lowest BCUT2D eigenvalue weighted by molar-refractivity contribution is -0.157. The van der Waals surface area contributed by atoms with E-state index in [0.717, 1.165) is 22.3 Å². The van der Waals surface area contributed by atoms with Gasteiger partial charge >= 0.3 is 0 Å². The zero-order chi connectivity index (χ0) is 25.7. The molecule has 0 saturated carbocycles. The van der Waals surface area contributed by atoms with Crippen LogP contribution in [0, 0.1) is 13.8 Å². The number of hydrogen-bond donors (Lipinski definition) is 0. The molecule has 6 rings (SSSR count). The first kappa shape index (κ1) is 25.0. The number of alkyl halides is 2. The molecule has 2 saturated heterocycles. The van der Waals surface area contributed by atoms with Crippen LogP contribution in [-0.2, 0) is 25.4 Å². The van der Waals surface area contributed by atoms with Crippen LogP contribution in [-0.4, -0.2) is 22.2 Å². The molecule has 0 aromatic heterocycles. The summed E-state index contributed by atoms with van der Waals surface area (Å²) in [5.41, 5.74) is 4.36. The second-order valence-corrected chi connectivity index (χ2v) is 12.5. The van der Waals surface area contributed by atoms with Crippen LogP contribution in [0.4, 0.5) is 0 Å². The van der Waals surface area contributed by atoms with Crippen molar-refractivity contribution in [2.24, 2.45) is 0 Å². The average molecular weight is 620 g/mol. The lowest BCUT2D eigenvalue weighted by Crippen LogP contribution is -2.54. The molecule has 4 aromatic rings. The van der Waals surface area contributed by atoms with Crippen molar-refractivity contribution in [3.05, 3.63) is 143 Å². The minimum Gasteiger partial charge on any atom is -0.353 e. The number of rotatable bonds is 8. The lowest BCUT2D eigenvalue weighted by atomic mass is 9.78. The van der Waals surface area contributed by atoms with E-state index in [1.165, 1.54) is 11.1 Å². The third-order valence-electron chi connectivity index (χ3n) is 7.43. The molecule has 188 valence electrons. The number of halogens is 2. The minimum atomic E-state index is -1.00. The van der Waals surface area contributed by atoms with Crippen molar-refractivity contribution in [1.29, 1.82) is 0 Å². The molecule has 2 fully saturated rings. The summed E-state index contributed by atoms with van der Waals surface area (Å²) in [5.74, 6) is 0. The van der Waals surface area contributed by atoms with Crippen LogP contribution < -0.4 is 0 Å². The molecule has 2 aliphatic heterocycles. The van der Waals surface area contributed by atoms with Crippen LogP contribution in [0.25, 0.3) is 0 Å². The normalized spacial score (nSPS) is 25.6. The average Bonchev–Trinajstić information content (AvgIpc) is 3.86. The summed E-state index contributed by atoms with van der Waals surface area (Å²) in [7, 11) is 0. The van der Waals surface area contributed by atoms with Crippen molar-refractivity contribution in [1.82, 2.24) is 0 Å². The van der Waals surface area contributed by atoms with E-state index in [2.05, 4.69) is 119 Å². The first-order valence-electron chi connectivity index (χ1n) is 12.4. The van der Waals surface area contributed by atoms with Crippen molar-refractivity contribution in [3.8, 4) is 0 Å². The predicted octanol–water partition coefficient (Wildman–Crippen LogP) is 7.75. The van der Waals surface area contributed by atoms with Gasteiger partial charge in [-0.2, -0.15) is 0 Å². The Kier molecular flexibility index (Phi) is 6.21. The third-order valence-corrected chi connectivity index (χ3v) is 9.46. The van der Waals surface area contributed by atoms with E-state index >= 15 is 0 Å². The van der Waals surface area contributed by atoms with Gasteiger partial charge in [-0.05, 0) is 68.0 Å². The van der Waals surface area contributed by atoms with Crippen LogP contribution in [0.2, 0.25) is 0 Å². The third kappa shape index (κ3) is 4.03. The molecule has 0 N–H and O–H groups in total. The van der Waals surface area contributed by atoms with Crippen molar-refractivity contribution in [2.75, 3.05) is 13.2 Å². The SMILES string of the molecule is Cc1ccc(C(OC(c2ccccc2)(c2ccc(C)cc2)C2(Br)CO2)(c2ccccc2)C2(Br)CO2)cc1. The fraction of sp³-hybridized carbons (Fsp3) is 0.250. The first-order chi connectivity index (χ1) is 17.8. The summed E-state index contributed by atoms with van der Waals surface area (Å²) in [5, 5.41) is 0. The number of epoxide rings is 2. The molecule has 2 heterocycles. The molecule has 4 aromatic carbocycles. The van der Waals surface area contributed by atoms with E-state index < -0.39 is 20.2 Å². The Morgan fingerprint density at radius 3 is 1.14 bits per heavy atom. The van der Waals surface area contributed by atoms with Gasteiger partial charge in [0.15, 0.2) is 20.2 Å². The number of aryl methyl sites for hydroxylation is 2. The predicted molar refractivity (Wildman–Crippen MR) is 153 cm³/mol. The zero-order valence-corrected chi connectivity index (χ0v) is 24.0. The summed E-state index contributed by atoms with van der Waals surface area (Å²) < 4.78 is 18.6. The van der Waals surface area contributed by atoms with Crippen molar-refractivity contribution in [3.63, 3.8) is 0 Å². The van der Waals surface area contributed by atoms with Crippen molar-refractivity contribution >= 4 is 31.9 Å². The van der Waals surface area contributed by atoms with E-state index in [4.69, 9.17) is 14.2 Å². The Labute approximate surface area is 235 Å². The van der Waals surface area contributed by atoms with Crippen LogP contribution in [0.1, 0.15) is 33.4 Å². The quantitative estimate of drug-likeness (QED) is 0.149. The maximum absolute atomic E-state index is 7.76. The fourth-order valence-corrected chi connectivity index (χ4v) is 6.58. The Morgan fingerprint density at radius 1 is 0.541 bits per heavy atom. The summed E-state index contributed by atoms with van der Waals surface area (Å²) in [4.78, 5) is 0. The second kappa shape index (κ2) is 9.18. The van der Waals surface area contributed by atoms with E-state index in [1.54, 1.807) is 0 Å². The van der Waals surface area contributed by atoms with Crippen LogP contribution in [0.15, 0.2) is 109 Å². The number of benzene rings is 4. The molecule has 0 bridgehead atoms. The molecule has 5 heteroatoms. The zero-order valence-electron chi connectivity index (χ0n) is 20.8. The van der Waals surface area contributed by atoms with Gasteiger partial charge in [0.2, 0.25) is 0 Å². The van der Waals surface area contributed by atoms with Crippen molar-refractivity contribution < 1.29 is 14.2 Å². The highest BCUT2D eigenvalue weighted by Crippen LogP contribution is 2.64. The Morgan fingerprint density at radius 2 is 0.838 bits per heavy atom. The highest BCUT2D eigenvalue weighted by Gasteiger charge is 2.71. The van der Waals surface area contributed by atoms with E-state index in [1.807, 2.05) is 36.4 Å². The molecule has 3 nitrogen and oxygen atoms in total. The van der Waals surface area contributed by atoms with Gasteiger partial charge in [0.05, 0.1) is 13.2 Å². The molecule has 37 heavy (non-hydrogen) atoms. The van der Waals surface area contributed by atoms with Crippen LogP contribution in [0.3, 0.4) is 0 Å². The smallest absolute Gasteiger partial charge is 0.183 e. The summed E-state index contributed by atoms with van der Waals surface area (Å²) in [6, 6.07) is 37.8. The highest BCUT2D eigenvalue weighted by atomic mass is 79.9. The topological polar surface area (TPSA) is 34.3 Å². The largest absolute Gasteiger partial charge is 0.353 e. The van der Waals surface area contributed by atoms with Gasteiger partial charge in [0.1, 0.15) is 0 Å². The molecular weight excluding hydrogens is 592 g/mol. The van der Waals surface area contributed by atoms with Crippen molar-refractivity contribution in [2.45, 2.75) is 34.1 Å². The second-order valence-electron chi connectivity index (χ2n) is 9.96. The molecule has 2 aliphatic rings. The first-order valence-corrected chi connectivity index (χ1v) is 14.0. The summed E-state index contributed by atoms with van der Waals surface area (Å²) >= 11 is 8.00. The van der Waals surface area contributed by atoms with Gasteiger partial charge in [-0.25, -0.2) is 0 Å². The Hall–Kier alpha value is -2.28. The molecule has 4 unspecified atom stereocenters. The number of hydrogen-bond acceptors (Lipinski definition) is 3. The van der Waals surface area contributed by atoms with Crippen LogP contribution >= 0.6 is 31.9 Å². The van der Waals surface area contributed by atoms with E-state index in [9.17, 15) is 0 Å². The molecule has 4 atom stereocenters. The monoisotopic (exact) mass is 618 g/mol. The molecule has 0 aliphatic carbocycles.